The molecule has 25 heavy (non-hydrogen) atoms. The van der Waals surface area contributed by atoms with E-state index in [1.807, 2.05) is 25.2 Å². The summed E-state index contributed by atoms with van der Waals surface area (Å²) in [5.74, 6) is 2.33. The Bertz CT molecular complexity index is 710. The first-order valence-corrected chi connectivity index (χ1v) is 9.00. The fraction of sp³-hybridized carbons (Fsp3) is 0.526. The number of benzene rings is 1. The molecule has 0 aliphatic carbocycles. The summed E-state index contributed by atoms with van der Waals surface area (Å²) in [5, 5.41) is 11.7. The largest absolute Gasteiger partial charge is 0.355 e. The zero-order valence-corrected chi connectivity index (χ0v) is 15.3. The second kappa shape index (κ2) is 7.78. The molecule has 0 radical (unpaired) electrons. The van der Waals surface area contributed by atoms with Crippen LogP contribution in [0.4, 0.5) is 0 Å². The number of carbonyl (C=O) groups is 1. The molecule has 1 aliphatic heterocycles. The maximum Gasteiger partial charge on any atom is 0.237 e. The van der Waals surface area contributed by atoms with Crippen molar-refractivity contribution >= 4 is 5.91 Å². The summed E-state index contributed by atoms with van der Waals surface area (Å²) in [6.07, 6.45) is 1.66. The Morgan fingerprint density at radius 2 is 2.00 bits per heavy atom. The minimum Gasteiger partial charge on any atom is -0.355 e. The van der Waals surface area contributed by atoms with Crippen LogP contribution in [0.25, 0.3) is 0 Å². The van der Waals surface area contributed by atoms with E-state index in [0.29, 0.717) is 18.9 Å². The normalized spacial score (nSPS) is 19.0. The number of nitrogens with zero attached hydrogens (tertiary/aromatic N) is 4. The third-order valence-electron chi connectivity index (χ3n) is 4.80. The Morgan fingerprint density at radius 3 is 2.68 bits per heavy atom. The highest BCUT2D eigenvalue weighted by Gasteiger charge is 2.29. The van der Waals surface area contributed by atoms with Gasteiger partial charge in [0.1, 0.15) is 11.6 Å². The fourth-order valence-corrected chi connectivity index (χ4v) is 3.38. The molecule has 1 fully saturated rings. The van der Waals surface area contributed by atoms with Crippen molar-refractivity contribution in [3.63, 3.8) is 0 Å². The average molecular weight is 341 g/mol. The van der Waals surface area contributed by atoms with Gasteiger partial charge in [-0.25, -0.2) is 0 Å². The Kier molecular flexibility index (Phi) is 5.48. The quantitative estimate of drug-likeness (QED) is 0.902. The van der Waals surface area contributed by atoms with E-state index in [2.05, 4.69) is 51.0 Å². The summed E-state index contributed by atoms with van der Waals surface area (Å²) in [7, 11) is 2.01. The van der Waals surface area contributed by atoms with Crippen LogP contribution >= 0.6 is 0 Å². The van der Waals surface area contributed by atoms with Crippen LogP contribution in [-0.4, -0.2) is 44.7 Å². The number of hydrogen-bond donors (Lipinski definition) is 1. The molecule has 1 unspecified atom stereocenters. The van der Waals surface area contributed by atoms with E-state index >= 15 is 0 Å². The first kappa shape index (κ1) is 17.6. The van der Waals surface area contributed by atoms with Crippen molar-refractivity contribution in [2.45, 2.75) is 45.2 Å². The molecular weight excluding hydrogens is 314 g/mol. The van der Waals surface area contributed by atoms with Crippen LogP contribution < -0.4 is 5.32 Å². The standard InChI is InChI=1S/C19H27N5O/c1-14(2)18-22-21-17(23(18)3)13-24-11-7-10-20-19(25)16(24)12-15-8-5-4-6-9-15/h4-6,8-9,14,16H,7,10-13H2,1-3H3,(H,20,25). The minimum absolute atomic E-state index is 0.104. The van der Waals surface area contributed by atoms with Crippen molar-refractivity contribution in [2.75, 3.05) is 13.1 Å². The van der Waals surface area contributed by atoms with Gasteiger partial charge in [0, 0.05) is 26.1 Å². The highest BCUT2D eigenvalue weighted by atomic mass is 16.2. The molecule has 134 valence electrons. The topological polar surface area (TPSA) is 63.1 Å². The highest BCUT2D eigenvalue weighted by Crippen LogP contribution is 2.17. The summed E-state index contributed by atoms with van der Waals surface area (Å²) in [4.78, 5) is 14.9. The third-order valence-corrected chi connectivity index (χ3v) is 4.80. The number of nitrogens with one attached hydrogen (secondary N) is 1. The Labute approximate surface area is 149 Å². The summed E-state index contributed by atoms with van der Waals surface area (Å²) in [6.45, 7) is 6.48. The van der Waals surface area contributed by atoms with E-state index in [9.17, 15) is 4.79 Å². The van der Waals surface area contributed by atoms with Crippen LogP contribution in [0, 0.1) is 0 Å². The summed E-state index contributed by atoms with van der Waals surface area (Å²) in [5.41, 5.74) is 1.18. The molecule has 2 heterocycles. The zero-order valence-electron chi connectivity index (χ0n) is 15.3. The van der Waals surface area contributed by atoms with Crippen LogP contribution in [0.2, 0.25) is 0 Å². The molecule has 0 spiro atoms. The molecule has 6 heteroatoms. The van der Waals surface area contributed by atoms with Crippen molar-refractivity contribution < 1.29 is 4.79 Å². The molecule has 2 aromatic rings. The molecule has 1 N–H and O–H groups in total. The van der Waals surface area contributed by atoms with Crippen molar-refractivity contribution in [3.05, 3.63) is 47.5 Å². The lowest BCUT2D eigenvalue weighted by molar-refractivity contribution is -0.125. The number of amides is 1. The van der Waals surface area contributed by atoms with Gasteiger partial charge in [0.15, 0.2) is 0 Å². The Hall–Kier alpha value is -2.21. The summed E-state index contributed by atoms with van der Waals surface area (Å²) < 4.78 is 2.06. The van der Waals surface area contributed by atoms with Gasteiger partial charge in [-0.3, -0.25) is 9.69 Å². The van der Waals surface area contributed by atoms with E-state index in [-0.39, 0.29) is 11.9 Å². The number of hydrogen-bond acceptors (Lipinski definition) is 4. The fourth-order valence-electron chi connectivity index (χ4n) is 3.38. The van der Waals surface area contributed by atoms with Crippen molar-refractivity contribution in [3.8, 4) is 0 Å². The van der Waals surface area contributed by atoms with Crippen molar-refractivity contribution in [1.82, 2.24) is 25.0 Å². The van der Waals surface area contributed by atoms with Crippen LogP contribution in [-0.2, 0) is 24.8 Å². The molecule has 1 atom stereocenters. The van der Waals surface area contributed by atoms with Gasteiger partial charge in [0.05, 0.1) is 12.6 Å². The summed E-state index contributed by atoms with van der Waals surface area (Å²) in [6, 6.07) is 10.0. The number of rotatable bonds is 5. The van der Waals surface area contributed by atoms with Gasteiger partial charge in [-0.1, -0.05) is 44.2 Å². The molecule has 1 aliphatic rings. The van der Waals surface area contributed by atoms with E-state index in [0.717, 1.165) is 31.2 Å². The highest BCUT2D eigenvalue weighted by molar-refractivity contribution is 5.82. The third kappa shape index (κ3) is 4.07. The van der Waals surface area contributed by atoms with Gasteiger partial charge >= 0.3 is 0 Å². The molecule has 0 saturated carbocycles. The molecule has 1 saturated heterocycles. The van der Waals surface area contributed by atoms with E-state index in [4.69, 9.17) is 0 Å². The molecule has 1 amide bonds. The van der Waals surface area contributed by atoms with Crippen molar-refractivity contribution in [2.24, 2.45) is 7.05 Å². The summed E-state index contributed by atoms with van der Waals surface area (Å²) >= 11 is 0. The zero-order chi connectivity index (χ0) is 17.8. The van der Waals surface area contributed by atoms with Crippen LogP contribution in [0.3, 0.4) is 0 Å². The molecule has 0 bridgehead atoms. The molecular formula is C19H27N5O. The maximum absolute atomic E-state index is 12.6. The SMILES string of the molecule is CC(C)c1nnc(CN2CCCNC(=O)C2Cc2ccccc2)n1C. The van der Waals surface area contributed by atoms with E-state index in [1.54, 1.807) is 0 Å². The van der Waals surface area contributed by atoms with Gasteiger partial charge in [-0.15, -0.1) is 10.2 Å². The van der Waals surface area contributed by atoms with E-state index in [1.165, 1.54) is 5.56 Å². The van der Waals surface area contributed by atoms with Gasteiger partial charge in [0.25, 0.3) is 0 Å². The van der Waals surface area contributed by atoms with Gasteiger partial charge in [-0.2, -0.15) is 0 Å². The predicted octanol–water partition coefficient (Wildman–Crippen LogP) is 1.87. The first-order valence-electron chi connectivity index (χ1n) is 9.00. The molecule has 3 rings (SSSR count). The lowest BCUT2D eigenvalue weighted by Crippen LogP contribution is -2.45. The number of carbonyl (C=O) groups excluding carboxylic acids is 1. The monoisotopic (exact) mass is 341 g/mol. The first-order chi connectivity index (χ1) is 12.1. The number of aromatic nitrogens is 3. The molecule has 1 aromatic heterocycles. The minimum atomic E-state index is -0.177. The van der Waals surface area contributed by atoms with Gasteiger partial charge in [-0.05, 0) is 18.4 Å². The lowest BCUT2D eigenvalue weighted by atomic mass is 10.0. The lowest BCUT2D eigenvalue weighted by Gasteiger charge is -2.28. The van der Waals surface area contributed by atoms with Gasteiger partial charge < -0.3 is 9.88 Å². The predicted molar refractivity (Wildman–Crippen MR) is 97.1 cm³/mol. The van der Waals surface area contributed by atoms with Crippen LogP contribution in [0.1, 0.15) is 43.4 Å². The Balaban J connectivity index is 1.81. The second-order valence-electron chi connectivity index (χ2n) is 7.01. The van der Waals surface area contributed by atoms with Crippen LogP contribution in [0.15, 0.2) is 30.3 Å². The average Bonchev–Trinajstić information content (AvgIpc) is 2.88. The Morgan fingerprint density at radius 1 is 1.24 bits per heavy atom. The molecule has 6 nitrogen and oxygen atoms in total. The van der Waals surface area contributed by atoms with Gasteiger partial charge in [0.2, 0.25) is 5.91 Å². The van der Waals surface area contributed by atoms with E-state index < -0.39 is 0 Å². The van der Waals surface area contributed by atoms with Crippen molar-refractivity contribution in [1.29, 1.82) is 0 Å². The molecule has 1 aromatic carbocycles. The second-order valence-corrected chi connectivity index (χ2v) is 7.01. The smallest absolute Gasteiger partial charge is 0.237 e. The maximum atomic E-state index is 12.6. The van der Waals surface area contributed by atoms with Crippen LogP contribution in [0.5, 0.6) is 0 Å².